The molecule has 0 unspecified atom stereocenters. The summed E-state index contributed by atoms with van der Waals surface area (Å²) in [5.74, 6) is 1.07. The van der Waals surface area contributed by atoms with Crippen LogP contribution in [0.5, 0.6) is 0 Å². The van der Waals surface area contributed by atoms with Crippen LogP contribution in [0.4, 0.5) is 37.7 Å². The molecule has 0 amide bonds. The van der Waals surface area contributed by atoms with Gasteiger partial charge in [0, 0.05) is 18.7 Å². The standard InChI is InChI=1S/C36H41ClF6N4/c1-20(2)29-13-23(6)14-30(21(3)4)33(29)44-25(8)46-10-9-11-47(19-46)34(45-32-24(7)12-22(5)15-31(32)37)26-16-27(35(38,39)40)18-28(17-26)36(41,42)43/h12-18,20-21H,9-11,19H2,1-8H3. The van der Waals surface area contributed by atoms with Crippen LogP contribution in [0.1, 0.15) is 97.4 Å². The number of hydrogen-bond donors (Lipinski definition) is 0. The van der Waals surface area contributed by atoms with Crippen molar-refractivity contribution in [3.8, 4) is 0 Å². The van der Waals surface area contributed by atoms with E-state index in [2.05, 4.69) is 46.8 Å². The fourth-order valence-corrected chi connectivity index (χ4v) is 6.24. The van der Waals surface area contributed by atoms with Crippen molar-refractivity contribution in [3.05, 3.63) is 92.0 Å². The third-order valence-corrected chi connectivity index (χ3v) is 8.54. The lowest BCUT2D eigenvalue weighted by atomic mass is 9.91. The molecule has 0 saturated carbocycles. The Labute approximate surface area is 278 Å². The highest BCUT2D eigenvalue weighted by atomic mass is 35.5. The molecule has 0 atom stereocenters. The van der Waals surface area contributed by atoms with E-state index in [-0.39, 0.29) is 46.7 Å². The van der Waals surface area contributed by atoms with Crippen LogP contribution in [0.2, 0.25) is 5.02 Å². The molecule has 0 radical (unpaired) electrons. The summed E-state index contributed by atoms with van der Waals surface area (Å²) in [6, 6.07) is 9.33. The zero-order valence-electron chi connectivity index (χ0n) is 28.0. The average molecular weight is 679 g/mol. The van der Waals surface area contributed by atoms with Crippen LogP contribution < -0.4 is 0 Å². The van der Waals surface area contributed by atoms with Crippen LogP contribution in [-0.4, -0.2) is 41.2 Å². The molecule has 4 nitrogen and oxygen atoms in total. The Morgan fingerprint density at radius 3 is 1.70 bits per heavy atom. The Morgan fingerprint density at radius 2 is 1.21 bits per heavy atom. The summed E-state index contributed by atoms with van der Waals surface area (Å²) >= 11 is 6.56. The third-order valence-electron chi connectivity index (χ3n) is 8.25. The van der Waals surface area contributed by atoms with E-state index in [9.17, 15) is 26.3 Å². The molecule has 0 spiro atoms. The minimum absolute atomic E-state index is 0.0333. The number of nitrogens with zero attached hydrogens (tertiary/aromatic N) is 4. The van der Waals surface area contributed by atoms with Crippen LogP contribution in [0, 0.1) is 20.8 Å². The number of halogens is 7. The molecular formula is C36H41ClF6N4. The smallest absolute Gasteiger partial charge is 0.342 e. The summed E-state index contributed by atoms with van der Waals surface area (Å²) in [5, 5.41) is 0.247. The van der Waals surface area contributed by atoms with Gasteiger partial charge < -0.3 is 9.80 Å². The van der Waals surface area contributed by atoms with Crippen LogP contribution in [0.15, 0.2) is 52.4 Å². The normalized spacial score (nSPS) is 15.3. The molecule has 0 bridgehead atoms. The van der Waals surface area contributed by atoms with Gasteiger partial charge in [-0.3, -0.25) is 0 Å². The Morgan fingerprint density at radius 1 is 0.702 bits per heavy atom. The van der Waals surface area contributed by atoms with Gasteiger partial charge in [-0.15, -0.1) is 0 Å². The number of aliphatic imine (C=N–C) groups is 2. The van der Waals surface area contributed by atoms with Gasteiger partial charge in [0.25, 0.3) is 0 Å². The molecule has 1 fully saturated rings. The van der Waals surface area contributed by atoms with Gasteiger partial charge in [-0.2, -0.15) is 26.3 Å². The lowest BCUT2D eigenvalue weighted by Gasteiger charge is -2.39. The van der Waals surface area contributed by atoms with E-state index >= 15 is 0 Å². The zero-order chi connectivity index (χ0) is 35.0. The fraction of sp³-hybridized carbons (Fsp3) is 0.444. The molecule has 1 aliphatic heterocycles. The second-order valence-corrected chi connectivity index (χ2v) is 13.3. The van der Waals surface area contributed by atoms with E-state index in [1.54, 1.807) is 17.9 Å². The van der Waals surface area contributed by atoms with Gasteiger partial charge in [0.05, 0.1) is 34.2 Å². The van der Waals surface area contributed by atoms with E-state index in [4.69, 9.17) is 21.6 Å². The van der Waals surface area contributed by atoms with Gasteiger partial charge in [0.2, 0.25) is 0 Å². The molecule has 1 heterocycles. The number of hydrogen-bond acceptors (Lipinski definition) is 2. The molecule has 3 aromatic carbocycles. The number of amidine groups is 2. The van der Waals surface area contributed by atoms with E-state index in [0.717, 1.165) is 40.1 Å². The minimum Gasteiger partial charge on any atom is -0.342 e. The van der Waals surface area contributed by atoms with Crippen LogP contribution >= 0.6 is 11.6 Å². The van der Waals surface area contributed by atoms with E-state index in [1.807, 2.05) is 24.8 Å². The number of benzene rings is 3. The van der Waals surface area contributed by atoms with Gasteiger partial charge in [-0.05, 0) is 92.5 Å². The zero-order valence-corrected chi connectivity index (χ0v) is 28.7. The van der Waals surface area contributed by atoms with Gasteiger partial charge in [-0.1, -0.05) is 63.1 Å². The molecule has 3 aromatic rings. The molecule has 0 aliphatic carbocycles. The first-order valence-electron chi connectivity index (χ1n) is 15.6. The second-order valence-electron chi connectivity index (χ2n) is 12.9. The van der Waals surface area contributed by atoms with Crippen molar-refractivity contribution in [1.29, 1.82) is 0 Å². The number of aryl methyl sites for hydroxylation is 3. The summed E-state index contributed by atoms with van der Waals surface area (Å²) < 4.78 is 83.7. The summed E-state index contributed by atoms with van der Waals surface area (Å²) in [4.78, 5) is 13.5. The van der Waals surface area contributed by atoms with E-state index < -0.39 is 23.5 Å². The summed E-state index contributed by atoms with van der Waals surface area (Å²) in [7, 11) is 0. The maximum absolute atomic E-state index is 14.0. The highest BCUT2D eigenvalue weighted by Gasteiger charge is 2.38. The van der Waals surface area contributed by atoms with Crippen LogP contribution in [0.3, 0.4) is 0 Å². The van der Waals surface area contributed by atoms with Gasteiger partial charge in [0.1, 0.15) is 11.7 Å². The van der Waals surface area contributed by atoms with Crippen molar-refractivity contribution in [1.82, 2.24) is 9.80 Å². The van der Waals surface area contributed by atoms with E-state index in [0.29, 0.717) is 30.9 Å². The molecule has 11 heteroatoms. The molecule has 1 aliphatic rings. The first kappa shape index (κ1) is 36.3. The van der Waals surface area contributed by atoms with Gasteiger partial charge in [-0.25, -0.2) is 9.98 Å². The molecule has 0 aromatic heterocycles. The van der Waals surface area contributed by atoms with Gasteiger partial charge >= 0.3 is 12.4 Å². The summed E-state index contributed by atoms with van der Waals surface area (Å²) in [6.07, 6.45) is -9.45. The van der Waals surface area contributed by atoms with Crippen molar-refractivity contribution in [2.75, 3.05) is 19.8 Å². The molecule has 47 heavy (non-hydrogen) atoms. The SMILES string of the molecule is CC(=Nc1c(C(C)C)cc(C)cc1C(C)C)N1CCCN(C(=Nc2c(C)cc(C)cc2Cl)c2cc(C(F)(F)F)cc(C(F)(F)F)c2)C1. The lowest BCUT2D eigenvalue weighted by molar-refractivity contribution is -0.143. The summed E-state index contributed by atoms with van der Waals surface area (Å²) in [6.45, 7) is 17.1. The van der Waals surface area contributed by atoms with Crippen LogP contribution in [-0.2, 0) is 12.4 Å². The molecule has 0 N–H and O–H groups in total. The van der Waals surface area contributed by atoms with Crippen molar-refractivity contribution in [2.24, 2.45) is 9.98 Å². The van der Waals surface area contributed by atoms with Crippen LogP contribution in [0.25, 0.3) is 0 Å². The quantitative estimate of drug-likeness (QED) is 0.153. The van der Waals surface area contributed by atoms with Crippen molar-refractivity contribution in [2.45, 2.75) is 86.0 Å². The van der Waals surface area contributed by atoms with E-state index in [1.165, 1.54) is 0 Å². The monoisotopic (exact) mass is 678 g/mol. The Hall–Kier alpha value is -3.53. The third kappa shape index (κ3) is 8.50. The van der Waals surface area contributed by atoms with Crippen molar-refractivity contribution >= 4 is 34.6 Å². The predicted molar refractivity (Wildman–Crippen MR) is 179 cm³/mol. The maximum atomic E-state index is 14.0. The molecule has 254 valence electrons. The lowest BCUT2D eigenvalue weighted by Crippen LogP contribution is -2.49. The average Bonchev–Trinajstić information content (AvgIpc) is 2.96. The second kappa shape index (κ2) is 13.9. The Balaban J connectivity index is 1.88. The first-order valence-corrected chi connectivity index (χ1v) is 16.0. The Kier molecular flexibility index (Phi) is 10.7. The molecule has 4 rings (SSSR count). The minimum atomic E-state index is -5.01. The predicted octanol–water partition coefficient (Wildman–Crippen LogP) is 11.3. The molecular weight excluding hydrogens is 638 g/mol. The summed E-state index contributed by atoms with van der Waals surface area (Å²) in [5.41, 5.74) is 2.90. The maximum Gasteiger partial charge on any atom is 0.416 e. The highest BCUT2D eigenvalue weighted by Crippen LogP contribution is 2.39. The van der Waals surface area contributed by atoms with Gasteiger partial charge in [0.15, 0.2) is 0 Å². The number of rotatable bonds is 5. The number of alkyl halides is 6. The van der Waals surface area contributed by atoms with Crippen molar-refractivity contribution in [3.63, 3.8) is 0 Å². The fourth-order valence-electron chi connectivity index (χ4n) is 5.87. The first-order chi connectivity index (χ1) is 21.8. The topological polar surface area (TPSA) is 31.2 Å². The van der Waals surface area contributed by atoms with Crippen molar-refractivity contribution < 1.29 is 26.3 Å². The highest BCUT2D eigenvalue weighted by molar-refractivity contribution is 6.33. The largest absolute Gasteiger partial charge is 0.416 e. The molecule has 1 saturated heterocycles. The Bertz CT molecular complexity index is 1600.